The number of rotatable bonds is 3. The van der Waals surface area contributed by atoms with Crippen molar-refractivity contribution in [3.05, 3.63) is 29.8 Å². The van der Waals surface area contributed by atoms with Crippen LogP contribution in [0, 0.1) is 17.8 Å². The van der Waals surface area contributed by atoms with Crippen molar-refractivity contribution in [1.82, 2.24) is 0 Å². The van der Waals surface area contributed by atoms with E-state index in [4.69, 9.17) is 9.84 Å². The number of amides is 1. The maximum Gasteiger partial charge on any atom is 0.229 e. The molecule has 2 N–H and O–H groups in total. The summed E-state index contributed by atoms with van der Waals surface area (Å²) >= 11 is 0. The van der Waals surface area contributed by atoms with Crippen molar-refractivity contribution in [2.45, 2.75) is 12.8 Å². The fraction of sp³-hybridized carbons (Fsp3) is 0.400. The van der Waals surface area contributed by atoms with E-state index in [-0.39, 0.29) is 18.4 Å². The van der Waals surface area contributed by atoms with Crippen LogP contribution in [-0.4, -0.2) is 30.8 Å². The molecule has 1 heterocycles. The Morgan fingerprint density at radius 3 is 2.84 bits per heavy atom. The van der Waals surface area contributed by atoms with Crippen LogP contribution in [0.2, 0.25) is 0 Å². The lowest BCUT2D eigenvalue weighted by molar-refractivity contribution is -0.119. The summed E-state index contributed by atoms with van der Waals surface area (Å²) in [6.45, 7) is 1.25. The molecule has 0 aromatic heterocycles. The Bertz CT molecular complexity index is 478. The minimum Gasteiger partial charge on any atom is -0.395 e. The van der Waals surface area contributed by atoms with E-state index < -0.39 is 0 Å². The molecule has 2 rings (SSSR count). The third-order valence-electron chi connectivity index (χ3n) is 2.92. The Balaban J connectivity index is 1.91. The Morgan fingerprint density at radius 1 is 1.42 bits per heavy atom. The van der Waals surface area contributed by atoms with Gasteiger partial charge in [0.2, 0.25) is 5.91 Å². The number of aliphatic hydroxyl groups excluding tert-OH is 1. The van der Waals surface area contributed by atoms with Crippen molar-refractivity contribution in [3.8, 4) is 11.8 Å². The second kappa shape index (κ2) is 6.93. The first-order valence-electron chi connectivity index (χ1n) is 6.38. The van der Waals surface area contributed by atoms with Gasteiger partial charge in [0.25, 0.3) is 0 Å². The molecule has 1 fully saturated rings. The maximum absolute atomic E-state index is 11.9. The molecule has 0 saturated carbocycles. The lowest BCUT2D eigenvalue weighted by Gasteiger charge is -2.09. The fourth-order valence-corrected chi connectivity index (χ4v) is 1.84. The largest absolute Gasteiger partial charge is 0.395 e. The highest BCUT2D eigenvalue weighted by Gasteiger charge is 2.23. The molecule has 4 heteroatoms. The molecule has 1 amide bonds. The third-order valence-corrected chi connectivity index (χ3v) is 2.92. The van der Waals surface area contributed by atoms with Gasteiger partial charge in [-0.3, -0.25) is 4.79 Å². The number of benzene rings is 1. The van der Waals surface area contributed by atoms with Crippen molar-refractivity contribution < 1.29 is 14.6 Å². The summed E-state index contributed by atoms with van der Waals surface area (Å²) in [4.78, 5) is 11.9. The lowest BCUT2D eigenvalue weighted by Crippen LogP contribution is -2.22. The standard InChI is InChI=1S/C15H17NO3/c17-9-2-1-3-12-4-6-14(7-5-12)16-15(18)13-8-10-19-11-13/h4-7,13,17H,2,8-11H2,(H,16,18). The van der Waals surface area contributed by atoms with Crippen LogP contribution < -0.4 is 5.32 Å². The van der Waals surface area contributed by atoms with Crippen molar-refractivity contribution in [2.75, 3.05) is 25.1 Å². The molecule has 1 aliphatic heterocycles. The molecule has 1 unspecified atom stereocenters. The first-order chi connectivity index (χ1) is 9.29. The maximum atomic E-state index is 11.9. The molecule has 0 bridgehead atoms. The van der Waals surface area contributed by atoms with Gasteiger partial charge >= 0.3 is 0 Å². The number of hydrogen-bond acceptors (Lipinski definition) is 3. The molecule has 0 spiro atoms. The minimum absolute atomic E-state index is 0.0108. The average Bonchev–Trinajstić information content (AvgIpc) is 2.95. The van der Waals surface area contributed by atoms with Crippen LogP contribution in [0.15, 0.2) is 24.3 Å². The van der Waals surface area contributed by atoms with Crippen LogP contribution in [0.3, 0.4) is 0 Å². The summed E-state index contributed by atoms with van der Waals surface area (Å²) in [5.74, 6) is 5.76. The van der Waals surface area contributed by atoms with Crippen LogP contribution in [-0.2, 0) is 9.53 Å². The average molecular weight is 259 g/mol. The Morgan fingerprint density at radius 2 is 2.21 bits per heavy atom. The smallest absolute Gasteiger partial charge is 0.229 e. The Labute approximate surface area is 112 Å². The van der Waals surface area contributed by atoms with E-state index in [2.05, 4.69) is 17.2 Å². The predicted molar refractivity (Wildman–Crippen MR) is 72.6 cm³/mol. The van der Waals surface area contributed by atoms with E-state index in [1.807, 2.05) is 24.3 Å². The number of anilines is 1. The molecule has 4 nitrogen and oxygen atoms in total. The van der Waals surface area contributed by atoms with E-state index in [1.54, 1.807) is 0 Å². The molecule has 1 atom stereocenters. The predicted octanol–water partition coefficient (Wildman–Crippen LogP) is 1.40. The SMILES string of the molecule is O=C(Nc1ccc(C#CCCO)cc1)C1CCOC1. The van der Waals surface area contributed by atoms with Crippen molar-refractivity contribution in [3.63, 3.8) is 0 Å². The van der Waals surface area contributed by atoms with Gasteiger partial charge in [-0.05, 0) is 30.7 Å². The molecular formula is C15H17NO3. The molecule has 0 aliphatic carbocycles. The molecule has 100 valence electrons. The molecular weight excluding hydrogens is 242 g/mol. The van der Waals surface area contributed by atoms with Gasteiger partial charge in [-0.1, -0.05) is 11.8 Å². The summed E-state index contributed by atoms with van der Waals surface area (Å²) < 4.78 is 5.19. The molecule has 1 aromatic carbocycles. The minimum atomic E-state index is -0.0379. The third kappa shape index (κ3) is 4.09. The van der Waals surface area contributed by atoms with Gasteiger partial charge in [0.1, 0.15) is 0 Å². The number of aliphatic hydroxyl groups is 1. The quantitative estimate of drug-likeness (QED) is 0.807. The van der Waals surface area contributed by atoms with E-state index in [0.29, 0.717) is 19.6 Å². The number of carbonyl (C=O) groups is 1. The van der Waals surface area contributed by atoms with Crippen LogP contribution in [0.1, 0.15) is 18.4 Å². The first kappa shape index (κ1) is 13.6. The van der Waals surface area contributed by atoms with Crippen LogP contribution in [0.25, 0.3) is 0 Å². The van der Waals surface area contributed by atoms with E-state index in [9.17, 15) is 4.79 Å². The molecule has 0 radical (unpaired) electrons. The molecule has 19 heavy (non-hydrogen) atoms. The zero-order valence-corrected chi connectivity index (χ0v) is 10.7. The summed E-state index contributed by atoms with van der Waals surface area (Å²) in [5, 5.41) is 11.5. The Hall–Kier alpha value is -1.83. The number of nitrogens with one attached hydrogen (secondary N) is 1. The number of hydrogen-bond donors (Lipinski definition) is 2. The number of ether oxygens (including phenoxy) is 1. The summed E-state index contributed by atoms with van der Waals surface area (Å²) in [5.41, 5.74) is 1.64. The van der Waals surface area contributed by atoms with E-state index >= 15 is 0 Å². The highest BCUT2D eigenvalue weighted by Crippen LogP contribution is 2.16. The van der Waals surface area contributed by atoms with Gasteiger partial charge in [-0.25, -0.2) is 0 Å². The highest BCUT2D eigenvalue weighted by molar-refractivity contribution is 5.92. The van der Waals surface area contributed by atoms with Gasteiger partial charge in [0, 0.05) is 24.3 Å². The van der Waals surface area contributed by atoms with Gasteiger partial charge in [-0.15, -0.1) is 0 Å². The van der Waals surface area contributed by atoms with Gasteiger partial charge in [0.15, 0.2) is 0 Å². The van der Waals surface area contributed by atoms with Crippen LogP contribution in [0.4, 0.5) is 5.69 Å². The summed E-state index contributed by atoms with van der Waals surface area (Å²) in [6.07, 6.45) is 1.26. The summed E-state index contributed by atoms with van der Waals surface area (Å²) in [7, 11) is 0. The highest BCUT2D eigenvalue weighted by atomic mass is 16.5. The second-order valence-corrected chi connectivity index (χ2v) is 4.40. The fourth-order valence-electron chi connectivity index (χ4n) is 1.84. The monoisotopic (exact) mass is 259 g/mol. The lowest BCUT2D eigenvalue weighted by atomic mass is 10.1. The van der Waals surface area contributed by atoms with Gasteiger partial charge < -0.3 is 15.2 Å². The first-order valence-corrected chi connectivity index (χ1v) is 6.38. The van der Waals surface area contributed by atoms with E-state index in [1.165, 1.54) is 0 Å². The van der Waals surface area contributed by atoms with E-state index in [0.717, 1.165) is 17.7 Å². The zero-order valence-electron chi connectivity index (χ0n) is 10.7. The second-order valence-electron chi connectivity index (χ2n) is 4.40. The van der Waals surface area contributed by atoms with Crippen molar-refractivity contribution in [1.29, 1.82) is 0 Å². The topological polar surface area (TPSA) is 58.6 Å². The van der Waals surface area contributed by atoms with Crippen molar-refractivity contribution in [2.24, 2.45) is 5.92 Å². The van der Waals surface area contributed by atoms with Crippen LogP contribution >= 0.6 is 0 Å². The summed E-state index contributed by atoms with van der Waals surface area (Å²) in [6, 6.07) is 7.36. The number of carbonyl (C=O) groups excluding carboxylic acids is 1. The molecule has 1 aromatic rings. The van der Waals surface area contributed by atoms with Crippen LogP contribution in [0.5, 0.6) is 0 Å². The van der Waals surface area contributed by atoms with Gasteiger partial charge in [0.05, 0.1) is 19.1 Å². The van der Waals surface area contributed by atoms with Gasteiger partial charge in [-0.2, -0.15) is 0 Å². The Kier molecular flexibility index (Phi) is 4.96. The molecule has 1 aliphatic rings. The zero-order chi connectivity index (χ0) is 13.5. The van der Waals surface area contributed by atoms with Crippen molar-refractivity contribution >= 4 is 11.6 Å². The normalized spacial score (nSPS) is 17.6. The molecule has 1 saturated heterocycles.